The lowest BCUT2D eigenvalue weighted by Crippen LogP contribution is -1.94. The number of hydrogen-bond donors (Lipinski definition) is 1. The zero-order chi connectivity index (χ0) is 17.5. The van der Waals surface area contributed by atoms with Crippen molar-refractivity contribution in [1.29, 1.82) is 0 Å². The Morgan fingerprint density at radius 1 is 1.08 bits per heavy atom. The Balaban J connectivity index is 2.06. The molecule has 2 aromatic carbocycles. The van der Waals surface area contributed by atoms with Crippen LogP contribution in [0.5, 0.6) is 0 Å². The van der Waals surface area contributed by atoms with Gasteiger partial charge in [-0.25, -0.2) is 4.79 Å². The molecule has 0 heterocycles. The molecule has 124 valence electrons. The lowest BCUT2D eigenvalue weighted by molar-refractivity contribution is 0.0697. The summed E-state index contributed by atoms with van der Waals surface area (Å²) in [6.07, 6.45) is 6.30. The maximum atomic E-state index is 10.9. The molecule has 0 atom stereocenters. The lowest BCUT2D eigenvalue weighted by Gasteiger charge is -2.05. The second-order valence-electron chi connectivity index (χ2n) is 5.87. The molecule has 0 bridgehead atoms. The maximum Gasteiger partial charge on any atom is 0.335 e. The number of allylic oxidation sites excluding steroid dienone is 1. The van der Waals surface area contributed by atoms with E-state index in [-0.39, 0.29) is 0 Å². The van der Waals surface area contributed by atoms with Gasteiger partial charge < -0.3 is 5.11 Å². The van der Waals surface area contributed by atoms with Crippen LogP contribution >= 0.6 is 11.8 Å². The first-order chi connectivity index (χ1) is 11.5. The predicted octanol–water partition coefficient (Wildman–Crippen LogP) is 5.92. The Morgan fingerprint density at radius 2 is 1.79 bits per heavy atom. The first kappa shape index (κ1) is 18.1. The van der Waals surface area contributed by atoms with Crippen molar-refractivity contribution >= 4 is 29.9 Å². The molecule has 2 nitrogen and oxygen atoms in total. The molecule has 2 rings (SSSR count). The number of thioether (sulfide) groups is 1. The smallest absolute Gasteiger partial charge is 0.335 e. The number of aryl methyl sites for hydroxylation is 1. The highest BCUT2D eigenvalue weighted by Gasteiger charge is 2.01. The minimum absolute atomic E-state index is 0.307. The fourth-order valence-electron chi connectivity index (χ4n) is 2.15. The third kappa shape index (κ3) is 5.43. The number of aromatic carboxylic acids is 1. The highest BCUT2D eigenvalue weighted by molar-refractivity contribution is 7.99. The molecule has 0 saturated heterocycles. The minimum atomic E-state index is -0.900. The number of carbonyl (C=O) groups is 1. The Bertz CT molecular complexity index is 767. The molecule has 0 spiro atoms. The number of benzene rings is 2. The fourth-order valence-corrected chi connectivity index (χ4v) is 3.19. The summed E-state index contributed by atoms with van der Waals surface area (Å²) in [6, 6.07) is 13.4. The Labute approximate surface area is 147 Å². The van der Waals surface area contributed by atoms with E-state index in [0.29, 0.717) is 5.56 Å². The summed E-state index contributed by atoms with van der Waals surface area (Å²) in [4.78, 5) is 12.1. The van der Waals surface area contributed by atoms with Crippen molar-refractivity contribution in [1.82, 2.24) is 0 Å². The molecule has 0 saturated carbocycles. The van der Waals surface area contributed by atoms with Crippen LogP contribution in [0.2, 0.25) is 0 Å². The van der Waals surface area contributed by atoms with Crippen LogP contribution in [0, 0.1) is 6.92 Å². The van der Waals surface area contributed by atoms with E-state index in [0.717, 1.165) is 11.3 Å². The molecule has 1 N–H and O–H groups in total. The number of carboxylic acids is 1. The molecule has 0 aromatic heterocycles. The summed E-state index contributed by atoms with van der Waals surface area (Å²) in [5.74, 6) is 0.0925. The first-order valence-electron chi connectivity index (χ1n) is 7.84. The van der Waals surface area contributed by atoms with Crippen molar-refractivity contribution in [3.8, 4) is 0 Å². The summed E-state index contributed by atoms with van der Waals surface area (Å²) in [5, 5.41) is 8.91. The number of rotatable bonds is 6. The Hall–Kier alpha value is -2.26. The van der Waals surface area contributed by atoms with E-state index in [1.54, 1.807) is 12.1 Å². The minimum Gasteiger partial charge on any atom is -0.478 e. The van der Waals surface area contributed by atoms with Gasteiger partial charge in [0.25, 0.3) is 0 Å². The quantitative estimate of drug-likeness (QED) is 0.403. The number of carboxylic acid groups (broad SMARTS) is 1. The van der Waals surface area contributed by atoms with Gasteiger partial charge in [0.1, 0.15) is 0 Å². The Morgan fingerprint density at radius 3 is 2.38 bits per heavy atom. The van der Waals surface area contributed by atoms with Crippen LogP contribution in [0.1, 0.15) is 40.9 Å². The molecule has 3 heteroatoms. The second kappa shape index (κ2) is 8.55. The standard InChI is InChI=1S/C21H22O2S/c1-15(2)12-13-24-20-11-10-18(16(3)14-20)7-4-17-5-8-19(9-6-17)21(22)23/h4-12,14H,13H2,1-3H3,(H,22,23)/b7-4+. The maximum absolute atomic E-state index is 10.9. The summed E-state index contributed by atoms with van der Waals surface area (Å²) in [7, 11) is 0. The zero-order valence-corrected chi connectivity index (χ0v) is 15.1. The van der Waals surface area contributed by atoms with E-state index in [4.69, 9.17) is 5.11 Å². The summed E-state index contributed by atoms with van der Waals surface area (Å²) in [5.41, 5.74) is 5.04. The van der Waals surface area contributed by atoms with Gasteiger partial charge in [0.2, 0.25) is 0 Å². The van der Waals surface area contributed by atoms with Gasteiger partial charge in [0.05, 0.1) is 5.56 Å². The number of hydrogen-bond acceptors (Lipinski definition) is 2. The van der Waals surface area contributed by atoms with Gasteiger partial charge in [-0.2, -0.15) is 0 Å². The van der Waals surface area contributed by atoms with Gasteiger partial charge in [-0.15, -0.1) is 11.8 Å². The van der Waals surface area contributed by atoms with Crippen molar-refractivity contribution in [2.45, 2.75) is 25.7 Å². The van der Waals surface area contributed by atoms with Crippen molar-refractivity contribution in [3.63, 3.8) is 0 Å². The molecule has 0 aliphatic carbocycles. The second-order valence-corrected chi connectivity index (χ2v) is 6.96. The third-order valence-corrected chi connectivity index (χ3v) is 4.52. The lowest BCUT2D eigenvalue weighted by atomic mass is 10.1. The Kier molecular flexibility index (Phi) is 6.44. The molecule has 24 heavy (non-hydrogen) atoms. The van der Waals surface area contributed by atoms with Gasteiger partial charge in [-0.05, 0) is 61.7 Å². The molecule has 2 aromatic rings. The normalized spacial score (nSPS) is 10.8. The van der Waals surface area contributed by atoms with Crippen LogP contribution in [0.4, 0.5) is 0 Å². The van der Waals surface area contributed by atoms with E-state index >= 15 is 0 Å². The molecule has 0 unspecified atom stereocenters. The van der Waals surface area contributed by atoms with E-state index in [1.165, 1.54) is 21.6 Å². The van der Waals surface area contributed by atoms with Gasteiger partial charge in [0.15, 0.2) is 0 Å². The largest absolute Gasteiger partial charge is 0.478 e. The van der Waals surface area contributed by atoms with Crippen molar-refractivity contribution in [3.05, 3.63) is 76.4 Å². The van der Waals surface area contributed by atoms with Gasteiger partial charge >= 0.3 is 5.97 Å². The van der Waals surface area contributed by atoms with Crippen LogP contribution in [-0.2, 0) is 0 Å². The molecule has 0 aliphatic heterocycles. The van der Waals surface area contributed by atoms with Gasteiger partial charge in [-0.1, -0.05) is 42.0 Å². The SMILES string of the molecule is CC(C)=CCSc1ccc(/C=C/c2ccc(C(=O)O)cc2)c(C)c1. The third-order valence-electron chi connectivity index (χ3n) is 3.60. The van der Waals surface area contributed by atoms with E-state index in [9.17, 15) is 4.79 Å². The van der Waals surface area contributed by atoms with Crippen molar-refractivity contribution in [2.24, 2.45) is 0 Å². The van der Waals surface area contributed by atoms with E-state index < -0.39 is 5.97 Å². The van der Waals surface area contributed by atoms with Crippen molar-refractivity contribution < 1.29 is 9.90 Å². The average molecular weight is 338 g/mol. The molecule has 0 amide bonds. The summed E-state index contributed by atoms with van der Waals surface area (Å²) < 4.78 is 0. The van der Waals surface area contributed by atoms with Crippen LogP contribution in [-0.4, -0.2) is 16.8 Å². The molecule has 0 aliphatic rings. The highest BCUT2D eigenvalue weighted by Crippen LogP contribution is 2.23. The monoisotopic (exact) mass is 338 g/mol. The average Bonchev–Trinajstić information content (AvgIpc) is 2.54. The molecule has 0 radical (unpaired) electrons. The fraction of sp³-hybridized carbons (Fsp3) is 0.190. The van der Waals surface area contributed by atoms with Crippen LogP contribution in [0.3, 0.4) is 0 Å². The molecule has 0 fully saturated rings. The van der Waals surface area contributed by atoms with E-state index in [1.807, 2.05) is 30.0 Å². The first-order valence-corrected chi connectivity index (χ1v) is 8.82. The zero-order valence-electron chi connectivity index (χ0n) is 14.2. The topological polar surface area (TPSA) is 37.3 Å². The van der Waals surface area contributed by atoms with Crippen LogP contribution in [0.25, 0.3) is 12.2 Å². The van der Waals surface area contributed by atoms with Gasteiger partial charge in [0, 0.05) is 10.6 Å². The summed E-state index contributed by atoms with van der Waals surface area (Å²) >= 11 is 1.83. The van der Waals surface area contributed by atoms with Crippen LogP contribution in [0.15, 0.2) is 59.0 Å². The van der Waals surface area contributed by atoms with Crippen molar-refractivity contribution in [2.75, 3.05) is 5.75 Å². The van der Waals surface area contributed by atoms with Crippen LogP contribution < -0.4 is 0 Å². The predicted molar refractivity (Wildman–Crippen MR) is 104 cm³/mol. The molecular weight excluding hydrogens is 316 g/mol. The summed E-state index contributed by atoms with van der Waals surface area (Å²) in [6.45, 7) is 6.34. The van der Waals surface area contributed by atoms with Gasteiger partial charge in [-0.3, -0.25) is 0 Å². The molecular formula is C21H22O2S. The van der Waals surface area contributed by atoms with E-state index in [2.05, 4.69) is 51.1 Å². The highest BCUT2D eigenvalue weighted by atomic mass is 32.2.